The van der Waals surface area contributed by atoms with Crippen LogP contribution in [0.25, 0.3) is 0 Å². The smallest absolute Gasteiger partial charge is 0.140 e. The minimum absolute atomic E-state index is 0.103. The van der Waals surface area contributed by atoms with Crippen molar-refractivity contribution >= 4 is 5.78 Å². The first-order valence-corrected chi connectivity index (χ1v) is 6.08. The maximum Gasteiger partial charge on any atom is 0.140 e. The Morgan fingerprint density at radius 3 is 2.50 bits per heavy atom. The highest BCUT2D eigenvalue weighted by Crippen LogP contribution is 2.54. The van der Waals surface area contributed by atoms with Crippen molar-refractivity contribution in [1.82, 2.24) is 9.78 Å². The third-order valence-corrected chi connectivity index (χ3v) is 4.30. The molecule has 0 spiro atoms. The second-order valence-electron chi connectivity index (χ2n) is 4.89. The minimum Gasteiger partial charge on any atom is -0.299 e. The van der Waals surface area contributed by atoms with E-state index in [-0.39, 0.29) is 5.41 Å². The topological polar surface area (TPSA) is 34.9 Å². The van der Waals surface area contributed by atoms with Gasteiger partial charge in [0.15, 0.2) is 0 Å². The van der Waals surface area contributed by atoms with Gasteiger partial charge in [-0.1, -0.05) is 13.8 Å². The number of hydrogen-bond acceptors (Lipinski definition) is 2. The summed E-state index contributed by atoms with van der Waals surface area (Å²) in [4.78, 5) is 11.9. The molecule has 0 saturated heterocycles. The van der Waals surface area contributed by atoms with Gasteiger partial charge in [0.2, 0.25) is 0 Å². The van der Waals surface area contributed by atoms with Crippen LogP contribution in [0.15, 0.2) is 6.20 Å². The van der Waals surface area contributed by atoms with E-state index in [1.807, 2.05) is 18.7 Å². The Labute approximate surface area is 96.8 Å². The van der Waals surface area contributed by atoms with Gasteiger partial charge in [-0.2, -0.15) is 5.10 Å². The number of ketones is 1. The standard InChI is InChI=1S/C13H20N2O/c1-5-13(6-2)11(7-12(13)16)10-8-15(4)14-9(10)3/h8,11H,5-7H2,1-4H3. The molecular weight excluding hydrogens is 200 g/mol. The van der Waals surface area contributed by atoms with Crippen molar-refractivity contribution in [1.29, 1.82) is 0 Å². The molecule has 1 heterocycles. The Balaban J connectivity index is 2.36. The Hall–Kier alpha value is -1.12. The van der Waals surface area contributed by atoms with Crippen molar-refractivity contribution in [3.05, 3.63) is 17.5 Å². The number of carbonyl (C=O) groups excluding carboxylic acids is 1. The molecule has 1 aromatic heterocycles. The summed E-state index contributed by atoms with van der Waals surface area (Å²) in [6, 6.07) is 0. The summed E-state index contributed by atoms with van der Waals surface area (Å²) >= 11 is 0. The first-order chi connectivity index (χ1) is 7.55. The van der Waals surface area contributed by atoms with Crippen LogP contribution in [0.4, 0.5) is 0 Å². The van der Waals surface area contributed by atoms with E-state index >= 15 is 0 Å². The fourth-order valence-corrected chi connectivity index (χ4v) is 3.15. The molecule has 1 atom stereocenters. The van der Waals surface area contributed by atoms with Crippen LogP contribution in [-0.4, -0.2) is 15.6 Å². The Kier molecular flexibility index (Phi) is 2.64. The summed E-state index contributed by atoms with van der Waals surface area (Å²) in [7, 11) is 1.94. The Morgan fingerprint density at radius 2 is 2.12 bits per heavy atom. The fourth-order valence-electron chi connectivity index (χ4n) is 3.15. The van der Waals surface area contributed by atoms with Gasteiger partial charge in [0, 0.05) is 31.0 Å². The third kappa shape index (κ3) is 1.34. The second kappa shape index (κ2) is 3.72. The van der Waals surface area contributed by atoms with E-state index in [0.29, 0.717) is 18.1 Å². The SMILES string of the molecule is CCC1(CC)C(=O)CC1c1cn(C)nc1C. The zero-order chi connectivity index (χ0) is 11.9. The molecule has 0 bridgehead atoms. The molecule has 1 saturated carbocycles. The molecule has 0 amide bonds. The molecule has 1 unspecified atom stereocenters. The van der Waals surface area contributed by atoms with Crippen molar-refractivity contribution in [3.63, 3.8) is 0 Å². The summed E-state index contributed by atoms with van der Waals surface area (Å²) in [5, 5.41) is 4.38. The van der Waals surface area contributed by atoms with Crippen molar-refractivity contribution < 1.29 is 4.79 Å². The molecule has 0 aliphatic heterocycles. The highest BCUT2D eigenvalue weighted by Gasteiger charge is 2.53. The van der Waals surface area contributed by atoms with Gasteiger partial charge in [-0.25, -0.2) is 0 Å². The van der Waals surface area contributed by atoms with Crippen LogP contribution in [0, 0.1) is 12.3 Å². The largest absolute Gasteiger partial charge is 0.299 e. The van der Waals surface area contributed by atoms with Crippen molar-refractivity contribution in [3.8, 4) is 0 Å². The molecule has 3 nitrogen and oxygen atoms in total. The van der Waals surface area contributed by atoms with Crippen LogP contribution in [0.1, 0.15) is 50.3 Å². The highest BCUT2D eigenvalue weighted by atomic mass is 16.1. The quantitative estimate of drug-likeness (QED) is 0.784. The van der Waals surface area contributed by atoms with E-state index in [9.17, 15) is 4.79 Å². The van der Waals surface area contributed by atoms with Gasteiger partial charge < -0.3 is 0 Å². The van der Waals surface area contributed by atoms with Gasteiger partial charge in [0.05, 0.1) is 5.69 Å². The Morgan fingerprint density at radius 1 is 1.50 bits per heavy atom. The van der Waals surface area contributed by atoms with Gasteiger partial charge >= 0.3 is 0 Å². The number of aryl methyl sites for hydroxylation is 2. The molecule has 1 aliphatic rings. The lowest BCUT2D eigenvalue weighted by Crippen LogP contribution is -2.47. The van der Waals surface area contributed by atoms with Crippen LogP contribution in [0.2, 0.25) is 0 Å². The summed E-state index contributed by atoms with van der Waals surface area (Å²) in [6.45, 7) is 6.28. The molecule has 16 heavy (non-hydrogen) atoms. The van der Waals surface area contributed by atoms with E-state index in [1.54, 1.807) is 0 Å². The Bertz CT molecular complexity index is 416. The molecule has 1 fully saturated rings. The maximum absolute atomic E-state index is 11.9. The molecule has 1 aliphatic carbocycles. The normalized spacial score (nSPS) is 23.2. The molecule has 3 heteroatoms. The highest BCUT2D eigenvalue weighted by molar-refractivity contribution is 5.93. The summed E-state index contributed by atoms with van der Waals surface area (Å²) < 4.78 is 1.85. The van der Waals surface area contributed by atoms with Gasteiger partial charge in [-0.05, 0) is 25.3 Å². The average molecular weight is 220 g/mol. The fraction of sp³-hybridized carbons (Fsp3) is 0.692. The van der Waals surface area contributed by atoms with Crippen LogP contribution in [0.3, 0.4) is 0 Å². The van der Waals surface area contributed by atoms with E-state index in [0.717, 1.165) is 18.5 Å². The number of nitrogens with zero attached hydrogens (tertiary/aromatic N) is 2. The molecule has 0 radical (unpaired) electrons. The third-order valence-electron chi connectivity index (χ3n) is 4.30. The van der Waals surface area contributed by atoms with Crippen LogP contribution in [-0.2, 0) is 11.8 Å². The molecule has 1 aromatic rings. The second-order valence-corrected chi connectivity index (χ2v) is 4.89. The number of aromatic nitrogens is 2. The molecule has 0 N–H and O–H groups in total. The number of Topliss-reactive ketones (excluding diaryl/α,β-unsaturated/α-hetero) is 1. The zero-order valence-electron chi connectivity index (χ0n) is 10.6. The summed E-state index contributed by atoms with van der Waals surface area (Å²) in [5.41, 5.74) is 2.24. The van der Waals surface area contributed by atoms with E-state index in [1.165, 1.54) is 5.56 Å². The lowest BCUT2D eigenvalue weighted by atomic mass is 9.54. The first kappa shape index (κ1) is 11.4. The number of carbonyl (C=O) groups is 1. The predicted molar refractivity (Wildman–Crippen MR) is 63.3 cm³/mol. The van der Waals surface area contributed by atoms with Gasteiger partial charge in [0.1, 0.15) is 5.78 Å². The van der Waals surface area contributed by atoms with Crippen LogP contribution >= 0.6 is 0 Å². The van der Waals surface area contributed by atoms with E-state index < -0.39 is 0 Å². The summed E-state index contributed by atoms with van der Waals surface area (Å²) in [5.74, 6) is 0.828. The first-order valence-electron chi connectivity index (χ1n) is 6.08. The molecular formula is C13H20N2O. The maximum atomic E-state index is 11.9. The zero-order valence-corrected chi connectivity index (χ0v) is 10.6. The van der Waals surface area contributed by atoms with Gasteiger partial charge in [-0.15, -0.1) is 0 Å². The van der Waals surface area contributed by atoms with E-state index in [4.69, 9.17) is 0 Å². The van der Waals surface area contributed by atoms with Gasteiger partial charge in [0.25, 0.3) is 0 Å². The van der Waals surface area contributed by atoms with E-state index in [2.05, 4.69) is 25.1 Å². The lowest BCUT2D eigenvalue weighted by molar-refractivity contribution is -0.141. The number of hydrogen-bond donors (Lipinski definition) is 0. The van der Waals surface area contributed by atoms with Crippen molar-refractivity contribution in [2.75, 3.05) is 0 Å². The molecule has 0 aromatic carbocycles. The van der Waals surface area contributed by atoms with Crippen LogP contribution < -0.4 is 0 Å². The average Bonchev–Trinajstić information content (AvgIpc) is 2.56. The molecule has 2 rings (SSSR count). The molecule has 88 valence electrons. The monoisotopic (exact) mass is 220 g/mol. The van der Waals surface area contributed by atoms with Gasteiger partial charge in [-0.3, -0.25) is 9.48 Å². The van der Waals surface area contributed by atoms with Crippen molar-refractivity contribution in [2.45, 2.75) is 46.0 Å². The van der Waals surface area contributed by atoms with Crippen LogP contribution in [0.5, 0.6) is 0 Å². The lowest BCUT2D eigenvalue weighted by Gasteiger charge is -2.47. The summed E-state index contributed by atoms with van der Waals surface area (Å²) in [6.07, 6.45) is 4.67. The van der Waals surface area contributed by atoms with Crippen molar-refractivity contribution in [2.24, 2.45) is 12.5 Å². The predicted octanol–water partition coefficient (Wildman–Crippen LogP) is 2.59. The minimum atomic E-state index is -0.103. The number of rotatable bonds is 3.